The molecule has 1 amide bonds. The molecule has 0 fully saturated rings. The monoisotopic (exact) mass is 258 g/mol. The van der Waals surface area contributed by atoms with Crippen LogP contribution in [0.5, 0.6) is 5.75 Å². The molecule has 6 nitrogen and oxygen atoms in total. The summed E-state index contributed by atoms with van der Waals surface area (Å²) in [6.07, 6.45) is 0. The quantitative estimate of drug-likeness (QED) is 0.760. The van der Waals surface area contributed by atoms with E-state index in [1.807, 2.05) is 13.0 Å². The van der Waals surface area contributed by atoms with Crippen LogP contribution in [0.1, 0.15) is 21.6 Å². The van der Waals surface area contributed by atoms with Crippen molar-refractivity contribution in [2.75, 3.05) is 11.1 Å². The molecule has 0 radical (unpaired) electrons. The zero-order valence-corrected chi connectivity index (χ0v) is 10.6. The number of aromatic nitrogens is 2. The first kappa shape index (κ1) is 12.8. The highest BCUT2D eigenvalue weighted by Gasteiger charge is 2.13. The molecule has 2 rings (SSSR count). The average molecular weight is 258 g/mol. The number of nitrogen functional groups attached to an aromatic ring is 1. The predicted molar refractivity (Wildman–Crippen MR) is 72.0 cm³/mol. The molecular weight excluding hydrogens is 244 g/mol. The van der Waals surface area contributed by atoms with Crippen LogP contribution in [0, 0.1) is 13.8 Å². The lowest BCUT2D eigenvalue weighted by Crippen LogP contribution is -2.14. The SMILES string of the molecule is Cc1cccc(C(=O)Nc2nc(N)nc(C)c2O)c1. The number of nitrogens with zero attached hydrogens (tertiary/aromatic N) is 2. The van der Waals surface area contributed by atoms with Crippen LogP contribution in [-0.2, 0) is 0 Å². The third kappa shape index (κ3) is 2.79. The van der Waals surface area contributed by atoms with Crippen LogP contribution in [0.2, 0.25) is 0 Å². The molecule has 98 valence electrons. The van der Waals surface area contributed by atoms with Crippen molar-refractivity contribution in [2.45, 2.75) is 13.8 Å². The van der Waals surface area contributed by atoms with Gasteiger partial charge in [0, 0.05) is 5.56 Å². The summed E-state index contributed by atoms with van der Waals surface area (Å²) in [5.74, 6) is -0.543. The van der Waals surface area contributed by atoms with Crippen LogP contribution in [0.25, 0.3) is 0 Å². The number of carbonyl (C=O) groups is 1. The Morgan fingerprint density at radius 2 is 2.05 bits per heavy atom. The number of rotatable bonds is 2. The van der Waals surface area contributed by atoms with Gasteiger partial charge in [-0.3, -0.25) is 4.79 Å². The molecule has 0 saturated carbocycles. The van der Waals surface area contributed by atoms with Crippen LogP contribution in [-0.4, -0.2) is 21.0 Å². The van der Waals surface area contributed by atoms with Crippen molar-refractivity contribution in [2.24, 2.45) is 0 Å². The number of hydrogen-bond donors (Lipinski definition) is 3. The number of carbonyl (C=O) groups excluding carboxylic acids is 1. The number of anilines is 2. The van der Waals surface area contributed by atoms with Gasteiger partial charge in [-0.15, -0.1) is 0 Å². The Morgan fingerprint density at radius 1 is 1.32 bits per heavy atom. The van der Waals surface area contributed by atoms with Gasteiger partial charge >= 0.3 is 0 Å². The Hall–Kier alpha value is -2.63. The second kappa shape index (κ2) is 4.93. The average Bonchev–Trinajstić information content (AvgIpc) is 2.35. The summed E-state index contributed by atoms with van der Waals surface area (Å²) < 4.78 is 0. The third-order valence-electron chi connectivity index (χ3n) is 2.59. The molecule has 1 aromatic heterocycles. The lowest BCUT2D eigenvalue weighted by molar-refractivity contribution is 0.102. The van der Waals surface area contributed by atoms with Crippen LogP contribution >= 0.6 is 0 Å². The van der Waals surface area contributed by atoms with Crippen LogP contribution in [0.4, 0.5) is 11.8 Å². The van der Waals surface area contributed by atoms with Crippen LogP contribution in [0.3, 0.4) is 0 Å². The van der Waals surface area contributed by atoms with Gasteiger partial charge in [0.2, 0.25) is 5.95 Å². The fraction of sp³-hybridized carbons (Fsp3) is 0.154. The van der Waals surface area contributed by atoms with Gasteiger partial charge in [-0.05, 0) is 26.0 Å². The Labute approximate surface area is 110 Å². The minimum atomic E-state index is -0.364. The van der Waals surface area contributed by atoms with Gasteiger partial charge in [-0.1, -0.05) is 17.7 Å². The van der Waals surface area contributed by atoms with Gasteiger partial charge in [0.05, 0.1) is 5.69 Å². The van der Waals surface area contributed by atoms with Gasteiger partial charge in [-0.25, -0.2) is 4.98 Å². The fourth-order valence-corrected chi connectivity index (χ4v) is 1.64. The van der Waals surface area contributed by atoms with E-state index in [1.165, 1.54) is 0 Å². The van der Waals surface area contributed by atoms with E-state index in [0.29, 0.717) is 11.3 Å². The maximum Gasteiger partial charge on any atom is 0.256 e. The number of hydrogen-bond acceptors (Lipinski definition) is 5. The van der Waals surface area contributed by atoms with E-state index in [0.717, 1.165) is 5.56 Å². The number of amides is 1. The summed E-state index contributed by atoms with van der Waals surface area (Å²) in [6.45, 7) is 3.47. The fourth-order valence-electron chi connectivity index (χ4n) is 1.64. The van der Waals surface area contributed by atoms with E-state index in [1.54, 1.807) is 25.1 Å². The molecule has 0 aliphatic rings. The smallest absolute Gasteiger partial charge is 0.256 e. The molecule has 0 atom stereocenters. The zero-order chi connectivity index (χ0) is 14.0. The maximum atomic E-state index is 12.0. The highest BCUT2D eigenvalue weighted by Crippen LogP contribution is 2.24. The third-order valence-corrected chi connectivity index (χ3v) is 2.59. The number of benzene rings is 1. The van der Waals surface area contributed by atoms with Crippen molar-refractivity contribution in [3.63, 3.8) is 0 Å². The van der Waals surface area contributed by atoms with E-state index in [2.05, 4.69) is 15.3 Å². The molecule has 19 heavy (non-hydrogen) atoms. The summed E-state index contributed by atoms with van der Waals surface area (Å²) in [5.41, 5.74) is 7.24. The van der Waals surface area contributed by atoms with Crippen LogP contribution < -0.4 is 11.1 Å². The number of nitrogens with two attached hydrogens (primary N) is 1. The maximum absolute atomic E-state index is 12.0. The van der Waals surface area contributed by atoms with Crippen molar-refractivity contribution in [3.05, 3.63) is 41.1 Å². The zero-order valence-electron chi connectivity index (χ0n) is 10.6. The number of nitrogens with one attached hydrogen (secondary N) is 1. The first-order chi connectivity index (χ1) is 8.97. The Morgan fingerprint density at radius 3 is 2.74 bits per heavy atom. The topological polar surface area (TPSA) is 101 Å². The molecule has 0 unspecified atom stereocenters. The van der Waals surface area contributed by atoms with Crippen molar-refractivity contribution in [3.8, 4) is 5.75 Å². The normalized spacial score (nSPS) is 10.2. The van der Waals surface area contributed by atoms with E-state index in [4.69, 9.17) is 5.73 Å². The Kier molecular flexibility index (Phi) is 3.33. The summed E-state index contributed by atoms with van der Waals surface area (Å²) in [4.78, 5) is 19.6. The molecule has 4 N–H and O–H groups in total. The van der Waals surface area contributed by atoms with Crippen molar-refractivity contribution >= 4 is 17.7 Å². The summed E-state index contributed by atoms with van der Waals surface area (Å²) in [7, 11) is 0. The molecule has 2 aromatic rings. The molecule has 0 aliphatic heterocycles. The first-order valence-electron chi connectivity index (χ1n) is 5.68. The molecule has 0 saturated heterocycles. The highest BCUT2D eigenvalue weighted by molar-refractivity contribution is 6.04. The molecule has 1 heterocycles. The molecule has 0 spiro atoms. The standard InChI is InChI=1S/C13H14N4O2/c1-7-4-3-5-9(6-7)12(19)16-11-10(18)8(2)15-13(14)17-11/h3-6,18H,1-2H3,(H3,14,15,16,17,19). The van der Waals surface area contributed by atoms with Gasteiger partial charge < -0.3 is 16.2 Å². The Balaban J connectivity index is 2.29. The summed E-state index contributed by atoms with van der Waals surface area (Å²) in [5, 5.41) is 12.3. The second-order valence-corrected chi connectivity index (χ2v) is 4.19. The van der Waals surface area contributed by atoms with Crippen molar-refractivity contribution in [1.29, 1.82) is 0 Å². The summed E-state index contributed by atoms with van der Waals surface area (Å²) in [6, 6.07) is 7.09. The van der Waals surface area contributed by atoms with Gasteiger partial charge in [0.15, 0.2) is 11.6 Å². The minimum Gasteiger partial charge on any atom is -0.503 e. The van der Waals surface area contributed by atoms with Gasteiger partial charge in [-0.2, -0.15) is 4.98 Å². The van der Waals surface area contributed by atoms with Gasteiger partial charge in [0.1, 0.15) is 0 Å². The van der Waals surface area contributed by atoms with E-state index < -0.39 is 0 Å². The number of aryl methyl sites for hydroxylation is 2. The van der Waals surface area contributed by atoms with Crippen molar-refractivity contribution in [1.82, 2.24) is 9.97 Å². The number of aromatic hydroxyl groups is 1. The van der Waals surface area contributed by atoms with E-state index in [-0.39, 0.29) is 23.4 Å². The second-order valence-electron chi connectivity index (χ2n) is 4.19. The molecule has 0 aliphatic carbocycles. The molecule has 6 heteroatoms. The van der Waals surface area contributed by atoms with Gasteiger partial charge in [0.25, 0.3) is 5.91 Å². The van der Waals surface area contributed by atoms with Crippen LogP contribution in [0.15, 0.2) is 24.3 Å². The summed E-state index contributed by atoms with van der Waals surface area (Å²) >= 11 is 0. The molecule has 1 aromatic carbocycles. The van der Waals surface area contributed by atoms with E-state index in [9.17, 15) is 9.90 Å². The lowest BCUT2D eigenvalue weighted by atomic mass is 10.1. The first-order valence-corrected chi connectivity index (χ1v) is 5.68. The van der Waals surface area contributed by atoms with Crippen molar-refractivity contribution < 1.29 is 9.90 Å². The highest BCUT2D eigenvalue weighted by atomic mass is 16.3. The Bertz CT molecular complexity index is 641. The molecular formula is C13H14N4O2. The lowest BCUT2D eigenvalue weighted by Gasteiger charge is -2.08. The predicted octanol–water partition coefficient (Wildman–Crippen LogP) is 1.63. The largest absolute Gasteiger partial charge is 0.503 e. The molecule has 0 bridgehead atoms. The van der Waals surface area contributed by atoms with E-state index >= 15 is 0 Å². The minimum absolute atomic E-state index is 0.00478.